The average molecular weight is 371 g/mol. The van der Waals surface area contributed by atoms with Crippen LogP contribution >= 0.6 is 0 Å². The SMILES string of the molecule is COc1cc(CN2CCN[C@H](C)C2)c([N+](=O)[O-])cc1OCc1ccccc1. The summed E-state index contributed by atoms with van der Waals surface area (Å²) in [6, 6.07) is 13.2. The zero-order valence-electron chi connectivity index (χ0n) is 15.7. The van der Waals surface area contributed by atoms with Gasteiger partial charge in [0.1, 0.15) is 6.61 Å². The predicted molar refractivity (Wildman–Crippen MR) is 103 cm³/mol. The van der Waals surface area contributed by atoms with Gasteiger partial charge in [-0.25, -0.2) is 0 Å². The van der Waals surface area contributed by atoms with Crippen molar-refractivity contribution in [3.63, 3.8) is 0 Å². The summed E-state index contributed by atoms with van der Waals surface area (Å²) in [4.78, 5) is 13.5. The molecule has 0 spiro atoms. The number of nitrogens with one attached hydrogen (secondary N) is 1. The molecule has 27 heavy (non-hydrogen) atoms. The van der Waals surface area contributed by atoms with E-state index in [0.717, 1.165) is 25.2 Å². The molecule has 1 fully saturated rings. The summed E-state index contributed by atoms with van der Waals surface area (Å²) in [5, 5.41) is 15.0. The summed E-state index contributed by atoms with van der Waals surface area (Å²) < 4.78 is 11.3. The van der Waals surface area contributed by atoms with E-state index in [1.807, 2.05) is 30.3 Å². The minimum Gasteiger partial charge on any atom is -0.493 e. The highest BCUT2D eigenvalue weighted by molar-refractivity contribution is 5.54. The van der Waals surface area contributed by atoms with Crippen LogP contribution in [0.15, 0.2) is 42.5 Å². The van der Waals surface area contributed by atoms with Crippen LogP contribution in [0.1, 0.15) is 18.1 Å². The number of benzene rings is 2. The Bertz CT molecular complexity index is 782. The molecule has 2 aromatic carbocycles. The van der Waals surface area contributed by atoms with Crippen molar-refractivity contribution < 1.29 is 14.4 Å². The van der Waals surface area contributed by atoms with Gasteiger partial charge < -0.3 is 14.8 Å². The van der Waals surface area contributed by atoms with E-state index in [1.165, 1.54) is 6.07 Å². The zero-order chi connectivity index (χ0) is 19.2. The summed E-state index contributed by atoms with van der Waals surface area (Å²) in [7, 11) is 1.55. The van der Waals surface area contributed by atoms with E-state index in [2.05, 4.69) is 17.1 Å². The number of nitro benzene ring substituents is 1. The van der Waals surface area contributed by atoms with Crippen LogP contribution in [0.2, 0.25) is 0 Å². The topological polar surface area (TPSA) is 76.9 Å². The lowest BCUT2D eigenvalue weighted by molar-refractivity contribution is -0.385. The Morgan fingerprint density at radius 3 is 2.70 bits per heavy atom. The Kier molecular flexibility index (Phi) is 6.26. The van der Waals surface area contributed by atoms with E-state index in [0.29, 0.717) is 36.3 Å². The van der Waals surface area contributed by atoms with Gasteiger partial charge in [0.05, 0.1) is 18.1 Å². The smallest absolute Gasteiger partial charge is 0.277 e. The van der Waals surface area contributed by atoms with Crippen LogP contribution in [-0.4, -0.2) is 42.6 Å². The molecule has 3 rings (SSSR count). The van der Waals surface area contributed by atoms with Gasteiger partial charge in [-0.05, 0) is 18.6 Å². The number of methoxy groups -OCH3 is 1. The van der Waals surface area contributed by atoms with Gasteiger partial charge in [0.2, 0.25) is 0 Å². The van der Waals surface area contributed by atoms with E-state index in [-0.39, 0.29) is 10.6 Å². The van der Waals surface area contributed by atoms with Gasteiger partial charge in [0.15, 0.2) is 11.5 Å². The molecule has 0 unspecified atom stereocenters. The van der Waals surface area contributed by atoms with Crippen molar-refractivity contribution in [2.24, 2.45) is 0 Å². The maximum Gasteiger partial charge on any atom is 0.277 e. The Morgan fingerprint density at radius 2 is 2.04 bits per heavy atom. The Hall–Kier alpha value is -2.64. The zero-order valence-corrected chi connectivity index (χ0v) is 15.7. The van der Waals surface area contributed by atoms with Gasteiger partial charge >= 0.3 is 0 Å². The summed E-state index contributed by atoms with van der Waals surface area (Å²) in [6.07, 6.45) is 0. The number of nitrogens with zero attached hydrogens (tertiary/aromatic N) is 2. The fourth-order valence-electron chi connectivity index (χ4n) is 3.29. The van der Waals surface area contributed by atoms with Crippen molar-refractivity contribution in [1.82, 2.24) is 10.2 Å². The molecule has 1 saturated heterocycles. The van der Waals surface area contributed by atoms with Crippen molar-refractivity contribution in [1.29, 1.82) is 0 Å². The molecule has 0 aliphatic carbocycles. The lowest BCUT2D eigenvalue weighted by Crippen LogP contribution is -2.48. The number of nitro groups is 1. The molecule has 0 bridgehead atoms. The molecule has 7 heteroatoms. The van der Waals surface area contributed by atoms with Crippen molar-refractivity contribution in [3.05, 3.63) is 63.7 Å². The van der Waals surface area contributed by atoms with Gasteiger partial charge in [-0.2, -0.15) is 0 Å². The highest BCUT2D eigenvalue weighted by Gasteiger charge is 2.23. The summed E-state index contributed by atoms with van der Waals surface area (Å²) in [5.74, 6) is 0.889. The standard InChI is InChI=1S/C20H25N3O4/c1-15-12-22(9-8-21-15)13-17-10-19(26-2)20(11-18(17)23(24)25)27-14-16-6-4-3-5-7-16/h3-7,10-11,15,21H,8-9,12-14H2,1-2H3/t15-/m1/s1. The maximum atomic E-state index is 11.6. The first-order chi connectivity index (χ1) is 13.1. The van der Waals surface area contributed by atoms with Crippen LogP contribution < -0.4 is 14.8 Å². The second-order valence-corrected chi connectivity index (χ2v) is 6.75. The second-order valence-electron chi connectivity index (χ2n) is 6.75. The molecule has 1 N–H and O–H groups in total. The molecular formula is C20H25N3O4. The van der Waals surface area contributed by atoms with Crippen LogP contribution in [-0.2, 0) is 13.2 Å². The van der Waals surface area contributed by atoms with E-state index in [9.17, 15) is 10.1 Å². The van der Waals surface area contributed by atoms with Crippen molar-refractivity contribution in [3.8, 4) is 11.5 Å². The van der Waals surface area contributed by atoms with Gasteiger partial charge in [0, 0.05) is 37.8 Å². The summed E-state index contributed by atoms with van der Waals surface area (Å²) >= 11 is 0. The van der Waals surface area contributed by atoms with Gasteiger partial charge in [-0.15, -0.1) is 0 Å². The van der Waals surface area contributed by atoms with Gasteiger partial charge in [-0.3, -0.25) is 15.0 Å². The van der Waals surface area contributed by atoms with Crippen molar-refractivity contribution in [2.75, 3.05) is 26.7 Å². The van der Waals surface area contributed by atoms with E-state index in [4.69, 9.17) is 9.47 Å². The van der Waals surface area contributed by atoms with Crippen LogP contribution in [0, 0.1) is 10.1 Å². The Balaban J connectivity index is 1.82. The van der Waals surface area contributed by atoms with E-state index >= 15 is 0 Å². The molecule has 1 heterocycles. The van der Waals surface area contributed by atoms with Crippen LogP contribution in [0.3, 0.4) is 0 Å². The normalized spacial score (nSPS) is 17.5. The third kappa shape index (κ3) is 4.96. The summed E-state index contributed by atoms with van der Waals surface area (Å²) in [6.45, 7) is 5.54. The van der Waals surface area contributed by atoms with Gasteiger partial charge in [-0.1, -0.05) is 30.3 Å². The predicted octanol–water partition coefficient (Wildman–Crippen LogP) is 2.98. The number of hydrogen-bond acceptors (Lipinski definition) is 6. The number of rotatable bonds is 7. The third-order valence-corrected chi connectivity index (χ3v) is 4.65. The van der Waals surface area contributed by atoms with Gasteiger partial charge in [0.25, 0.3) is 5.69 Å². The van der Waals surface area contributed by atoms with Crippen molar-refractivity contribution >= 4 is 5.69 Å². The lowest BCUT2D eigenvalue weighted by atomic mass is 10.1. The van der Waals surface area contributed by atoms with E-state index in [1.54, 1.807) is 13.2 Å². The minimum absolute atomic E-state index is 0.0602. The van der Waals surface area contributed by atoms with Crippen molar-refractivity contribution in [2.45, 2.75) is 26.1 Å². The fourth-order valence-corrected chi connectivity index (χ4v) is 3.29. The molecule has 0 saturated carbocycles. The fraction of sp³-hybridized carbons (Fsp3) is 0.400. The third-order valence-electron chi connectivity index (χ3n) is 4.65. The molecule has 144 valence electrons. The van der Waals surface area contributed by atoms with Crippen LogP contribution in [0.4, 0.5) is 5.69 Å². The van der Waals surface area contributed by atoms with Crippen LogP contribution in [0.5, 0.6) is 11.5 Å². The molecule has 1 aliphatic heterocycles. The molecule has 2 aromatic rings. The average Bonchev–Trinajstić information content (AvgIpc) is 2.67. The molecular weight excluding hydrogens is 346 g/mol. The monoisotopic (exact) mass is 371 g/mol. The number of hydrogen-bond donors (Lipinski definition) is 1. The molecule has 0 aromatic heterocycles. The Morgan fingerprint density at radius 1 is 1.26 bits per heavy atom. The first-order valence-electron chi connectivity index (χ1n) is 9.04. The molecule has 0 amide bonds. The molecule has 7 nitrogen and oxygen atoms in total. The second kappa shape index (κ2) is 8.83. The highest BCUT2D eigenvalue weighted by atomic mass is 16.6. The molecule has 1 aliphatic rings. The highest BCUT2D eigenvalue weighted by Crippen LogP contribution is 2.36. The largest absolute Gasteiger partial charge is 0.493 e. The first-order valence-corrected chi connectivity index (χ1v) is 9.04. The van der Waals surface area contributed by atoms with E-state index < -0.39 is 0 Å². The maximum absolute atomic E-state index is 11.6. The summed E-state index contributed by atoms with van der Waals surface area (Å²) in [5.41, 5.74) is 1.68. The number of piperazine rings is 1. The molecule has 0 radical (unpaired) electrons. The quantitative estimate of drug-likeness (QED) is 0.596. The number of ether oxygens (including phenoxy) is 2. The minimum atomic E-state index is -0.351. The lowest BCUT2D eigenvalue weighted by Gasteiger charge is -2.31. The van der Waals surface area contributed by atoms with Crippen LogP contribution in [0.25, 0.3) is 0 Å². The first kappa shape index (κ1) is 19.1. The Labute approximate surface area is 159 Å². The molecule has 1 atom stereocenters.